The standard InChI is InChI=1S/C21H23BrN2O3/c1-27-21(26)17-8-6-16(7-9-17)15-23-10-3-11-24(13-12-23)20(25)18-4-2-5-19(22)14-18/h2,4-9,14H,3,10-13,15H2,1H3. The van der Waals surface area contributed by atoms with Crippen molar-refractivity contribution in [3.8, 4) is 0 Å². The Morgan fingerprint density at radius 3 is 2.48 bits per heavy atom. The molecule has 1 aliphatic heterocycles. The van der Waals surface area contributed by atoms with Gasteiger partial charge in [-0.15, -0.1) is 0 Å². The molecule has 0 radical (unpaired) electrons. The molecule has 2 aromatic carbocycles. The van der Waals surface area contributed by atoms with E-state index in [9.17, 15) is 9.59 Å². The van der Waals surface area contributed by atoms with Crippen molar-refractivity contribution in [1.82, 2.24) is 9.80 Å². The molecule has 1 aliphatic rings. The highest BCUT2D eigenvalue weighted by Gasteiger charge is 2.20. The normalized spacial score (nSPS) is 15.3. The van der Waals surface area contributed by atoms with E-state index in [0.717, 1.165) is 48.2 Å². The highest BCUT2D eigenvalue weighted by molar-refractivity contribution is 9.10. The van der Waals surface area contributed by atoms with Crippen molar-refractivity contribution in [1.29, 1.82) is 0 Å². The van der Waals surface area contributed by atoms with Gasteiger partial charge < -0.3 is 9.64 Å². The van der Waals surface area contributed by atoms with Gasteiger partial charge in [0.2, 0.25) is 0 Å². The van der Waals surface area contributed by atoms with Gasteiger partial charge in [0.25, 0.3) is 5.91 Å². The van der Waals surface area contributed by atoms with Crippen LogP contribution in [-0.2, 0) is 11.3 Å². The van der Waals surface area contributed by atoms with E-state index >= 15 is 0 Å². The molecule has 0 aromatic heterocycles. The summed E-state index contributed by atoms with van der Waals surface area (Å²) in [6.45, 7) is 4.06. The number of carbonyl (C=O) groups is 2. The van der Waals surface area contributed by atoms with Crippen molar-refractivity contribution >= 4 is 27.8 Å². The van der Waals surface area contributed by atoms with Crippen LogP contribution < -0.4 is 0 Å². The van der Waals surface area contributed by atoms with E-state index in [2.05, 4.69) is 20.8 Å². The number of hydrogen-bond acceptors (Lipinski definition) is 4. The van der Waals surface area contributed by atoms with Crippen LogP contribution in [0.25, 0.3) is 0 Å². The summed E-state index contributed by atoms with van der Waals surface area (Å²) in [4.78, 5) is 28.5. The van der Waals surface area contributed by atoms with Gasteiger partial charge >= 0.3 is 5.97 Å². The van der Waals surface area contributed by atoms with Crippen LogP contribution in [0.15, 0.2) is 53.0 Å². The lowest BCUT2D eigenvalue weighted by atomic mass is 10.1. The maximum absolute atomic E-state index is 12.7. The maximum Gasteiger partial charge on any atom is 0.337 e. The number of hydrogen-bond donors (Lipinski definition) is 0. The maximum atomic E-state index is 12.7. The molecule has 3 rings (SSSR count). The van der Waals surface area contributed by atoms with Gasteiger partial charge in [-0.25, -0.2) is 4.79 Å². The SMILES string of the molecule is COC(=O)c1ccc(CN2CCCN(C(=O)c3cccc(Br)c3)CC2)cc1. The Morgan fingerprint density at radius 1 is 1.00 bits per heavy atom. The van der Waals surface area contributed by atoms with Crippen LogP contribution in [0.2, 0.25) is 0 Å². The molecule has 5 nitrogen and oxygen atoms in total. The van der Waals surface area contributed by atoms with E-state index in [0.29, 0.717) is 12.1 Å². The molecular formula is C21H23BrN2O3. The van der Waals surface area contributed by atoms with Gasteiger partial charge in [-0.3, -0.25) is 9.69 Å². The predicted octanol–water partition coefficient (Wildman–Crippen LogP) is 3.58. The lowest BCUT2D eigenvalue weighted by molar-refractivity contribution is 0.0600. The van der Waals surface area contributed by atoms with Crippen molar-refractivity contribution in [3.63, 3.8) is 0 Å². The zero-order valence-electron chi connectivity index (χ0n) is 15.4. The second kappa shape index (κ2) is 9.15. The summed E-state index contributed by atoms with van der Waals surface area (Å²) in [6.07, 6.45) is 0.944. The molecule has 1 saturated heterocycles. The minimum Gasteiger partial charge on any atom is -0.465 e. The van der Waals surface area contributed by atoms with Gasteiger partial charge in [-0.05, 0) is 42.3 Å². The highest BCUT2D eigenvalue weighted by atomic mass is 79.9. The van der Waals surface area contributed by atoms with Crippen molar-refractivity contribution < 1.29 is 14.3 Å². The van der Waals surface area contributed by atoms with E-state index in [1.807, 2.05) is 41.3 Å². The molecule has 1 heterocycles. The summed E-state index contributed by atoms with van der Waals surface area (Å²) in [6, 6.07) is 15.0. The quantitative estimate of drug-likeness (QED) is 0.695. The number of carbonyl (C=O) groups excluding carboxylic acids is 2. The molecule has 27 heavy (non-hydrogen) atoms. The average Bonchev–Trinajstić information content (AvgIpc) is 2.93. The smallest absolute Gasteiger partial charge is 0.337 e. The first-order valence-corrected chi connectivity index (χ1v) is 9.80. The number of benzene rings is 2. The van der Waals surface area contributed by atoms with Crippen molar-refractivity contribution in [2.75, 3.05) is 33.3 Å². The Morgan fingerprint density at radius 2 is 1.78 bits per heavy atom. The third-order valence-corrected chi connectivity index (χ3v) is 5.22. The Bertz CT molecular complexity index is 807. The lowest BCUT2D eigenvalue weighted by Crippen LogP contribution is -2.35. The van der Waals surface area contributed by atoms with Crippen LogP contribution in [0.3, 0.4) is 0 Å². The van der Waals surface area contributed by atoms with E-state index in [1.165, 1.54) is 7.11 Å². The topological polar surface area (TPSA) is 49.9 Å². The molecule has 2 aromatic rings. The van der Waals surface area contributed by atoms with Crippen LogP contribution in [0.4, 0.5) is 0 Å². The van der Waals surface area contributed by atoms with Gasteiger partial charge in [0.15, 0.2) is 0 Å². The highest BCUT2D eigenvalue weighted by Crippen LogP contribution is 2.16. The first-order valence-electron chi connectivity index (χ1n) is 9.01. The lowest BCUT2D eigenvalue weighted by Gasteiger charge is -2.22. The van der Waals surface area contributed by atoms with Crippen molar-refractivity contribution in [2.45, 2.75) is 13.0 Å². The summed E-state index contributed by atoms with van der Waals surface area (Å²) >= 11 is 3.43. The zero-order chi connectivity index (χ0) is 19.2. The molecule has 1 amide bonds. The third-order valence-electron chi connectivity index (χ3n) is 4.73. The first-order chi connectivity index (χ1) is 13.1. The van der Waals surface area contributed by atoms with Crippen LogP contribution >= 0.6 is 15.9 Å². The molecule has 1 fully saturated rings. The van der Waals surface area contributed by atoms with Crippen molar-refractivity contribution in [3.05, 3.63) is 69.7 Å². The summed E-state index contributed by atoms with van der Waals surface area (Å²) in [7, 11) is 1.38. The summed E-state index contributed by atoms with van der Waals surface area (Å²) in [5, 5.41) is 0. The summed E-state index contributed by atoms with van der Waals surface area (Å²) < 4.78 is 5.65. The molecule has 0 bridgehead atoms. The second-order valence-corrected chi connectivity index (χ2v) is 7.54. The van der Waals surface area contributed by atoms with Crippen LogP contribution in [0.1, 0.15) is 32.7 Å². The Labute approximate surface area is 168 Å². The van der Waals surface area contributed by atoms with Gasteiger partial charge in [0.1, 0.15) is 0 Å². The fourth-order valence-corrected chi connectivity index (χ4v) is 3.66. The fourth-order valence-electron chi connectivity index (χ4n) is 3.26. The summed E-state index contributed by atoms with van der Waals surface area (Å²) in [5.74, 6) is -0.237. The van der Waals surface area contributed by atoms with Crippen LogP contribution in [0.5, 0.6) is 0 Å². The van der Waals surface area contributed by atoms with E-state index in [1.54, 1.807) is 12.1 Å². The second-order valence-electron chi connectivity index (χ2n) is 6.62. The molecular weight excluding hydrogens is 408 g/mol. The van der Waals surface area contributed by atoms with E-state index in [4.69, 9.17) is 4.74 Å². The van der Waals surface area contributed by atoms with Crippen molar-refractivity contribution in [2.24, 2.45) is 0 Å². The van der Waals surface area contributed by atoms with E-state index in [-0.39, 0.29) is 11.9 Å². The monoisotopic (exact) mass is 430 g/mol. The number of methoxy groups -OCH3 is 1. The van der Waals surface area contributed by atoms with Crippen LogP contribution in [0, 0.1) is 0 Å². The molecule has 0 atom stereocenters. The molecule has 0 spiro atoms. The average molecular weight is 431 g/mol. The Hall–Kier alpha value is -2.18. The Balaban J connectivity index is 1.58. The number of amides is 1. The molecule has 142 valence electrons. The number of rotatable bonds is 4. The number of halogens is 1. The minimum absolute atomic E-state index is 0.0839. The molecule has 0 N–H and O–H groups in total. The van der Waals surface area contributed by atoms with Gasteiger partial charge in [-0.1, -0.05) is 34.1 Å². The number of nitrogens with zero attached hydrogens (tertiary/aromatic N) is 2. The fraction of sp³-hybridized carbons (Fsp3) is 0.333. The van der Waals surface area contributed by atoms with Gasteiger partial charge in [0, 0.05) is 42.8 Å². The third kappa shape index (κ3) is 5.17. The zero-order valence-corrected chi connectivity index (χ0v) is 16.9. The van der Waals surface area contributed by atoms with E-state index < -0.39 is 0 Å². The molecule has 0 aliphatic carbocycles. The summed E-state index contributed by atoms with van der Waals surface area (Å²) in [5.41, 5.74) is 2.42. The number of ether oxygens (including phenoxy) is 1. The molecule has 0 unspecified atom stereocenters. The Kier molecular flexibility index (Phi) is 6.63. The van der Waals surface area contributed by atoms with Gasteiger partial charge in [-0.2, -0.15) is 0 Å². The largest absolute Gasteiger partial charge is 0.465 e. The van der Waals surface area contributed by atoms with Gasteiger partial charge in [0.05, 0.1) is 12.7 Å². The predicted molar refractivity (Wildman–Crippen MR) is 108 cm³/mol. The van der Waals surface area contributed by atoms with Crippen LogP contribution in [-0.4, -0.2) is 55.0 Å². The molecule has 6 heteroatoms. The first kappa shape index (κ1) is 19.6. The number of esters is 1. The minimum atomic E-state index is -0.321. The molecule has 0 saturated carbocycles.